The molecule has 1 aliphatic carbocycles. The van der Waals surface area contributed by atoms with Crippen LogP contribution in [0.4, 0.5) is 16.6 Å². The highest BCUT2D eigenvalue weighted by Gasteiger charge is 2.53. The fourth-order valence-corrected chi connectivity index (χ4v) is 15.6. The van der Waals surface area contributed by atoms with E-state index in [1.807, 2.05) is 63.3 Å². The van der Waals surface area contributed by atoms with Gasteiger partial charge < -0.3 is 108 Å². The maximum absolute atomic E-state index is 14.7. The number of benzene rings is 1. The minimum atomic E-state index is -2.48. The summed E-state index contributed by atoms with van der Waals surface area (Å²) in [5.74, 6) is -8.44. The summed E-state index contributed by atoms with van der Waals surface area (Å²) in [7, 11) is 4.48. The Labute approximate surface area is 709 Å². The van der Waals surface area contributed by atoms with Crippen LogP contribution in [0.1, 0.15) is 145 Å². The molecule has 1 saturated carbocycles. The van der Waals surface area contributed by atoms with E-state index in [4.69, 9.17) is 87.3 Å². The second kappa shape index (κ2) is 51.9. The summed E-state index contributed by atoms with van der Waals surface area (Å²) in [5, 5.41) is 34.9. The number of aromatic nitrogens is 5. The Bertz CT molecular complexity index is 4020. The molecule has 3 aromatic heterocycles. The third-order valence-electron chi connectivity index (χ3n) is 22.7. The average Bonchev–Trinajstić information content (AvgIpc) is 1.75. The summed E-state index contributed by atoms with van der Waals surface area (Å²) in [6.45, 7) is 19.6. The molecular weight excluding hydrogens is 1570 g/mol. The lowest BCUT2D eigenvalue weighted by Crippen LogP contribution is -2.61. The Morgan fingerprint density at radius 2 is 1.37 bits per heavy atom. The number of esters is 1. The molecule has 0 radical (unpaired) electrons. The zero-order valence-electron chi connectivity index (χ0n) is 72.3. The van der Waals surface area contributed by atoms with Gasteiger partial charge in [0.2, 0.25) is 11.7 Å². The lowest BCUT2D eigenvalue weighted by molar-refractivity contribution is -0.265. The first kappa shape index (κ1) is 98.4. The Morgan fingerprint density at radius 3 is 2.02 bits per heavy atom. The molecule has 0 unspecified atom stereocenters. The number of aryl methyl sites for hydroxylation is 1. The third kappa shape index (κ3) is 31.0. The van der Waals surface area contributed by atoms with E-state index in [9.17, 15) is 43.8 Å². The van der Waals surface area contributed by atoms with Gasteiger partial charge in [0.05, 0.1) is 129 Å². The summed E-state index contributed by atoms with van der Waals surface area (Å²) < 4.78 is 87.9. The number of nitrogen functional groups attached to an aromatic ring is 2. The predicted molar refractivity (Wildman–Crippen MR) is 448 cm³/mol. The van der Waals surface area contributed by atoms with Crippen LogP contribution >= 0.6 is 0 Å². The van der Waals surface area contributed by atoms with Crippen molar-refractivity contribution in [3.63, 3.8) is 0 Å². The number of aliphatic hydroxyl groups excluding tert-OH is 1. The number of hydrogen-bond donors (Lipinski definition) is 6. The molecular formula is C87H132N10O24. The number of nitrogens with two attached hydrogens (primary N) is 2. The number of nitrogens with one attached hydrogen (secondary N) is 2. The van der Waals surface area contributed by atoms with Crippen LogP contribution < -0.4 is 22.1 Å². The van der Waals surface area contributed by atoms with Gasteiger partial charge in [-0.1, -0.05) is 71.1 Å². The lowest BCUT2D eigenvalue weighted by atomic mass is 9.78. The van der Waals surface area contributed by atoms with Gasteiger partial charge in [-0.25, -0.2) is 24.2 Å². The molecule has 34 nitrogen and oxygen atoms in total. The molecule has 121 heavy (non-hydrogen) atoms. The molecule has 15 atom stereocenters. The van der Waals surface area contributed by atoms with Crippen molar-refractivity contribution >= 4 is 75.2 Å². The Kier molecular flexibility index (Phi) is 42.2. The van der Waals surface area contributed by atoms with Crippen LogP contribution in [0.5, 0.6) is 0 Å². The van der Waals surface area contributed by atoms with Crippen LogP contribution in [-0.2, 0) is 102 Å². The minimum Gasteiger partial charge on any atom is -0.460 e. The number of carbonyl (C=O) groups is 7. The number of Topliss-reactive ketones (excluding diaryl/α,β-unsaturated/α-hetero) is 3. The zero-order valence-corrected chi connectivity index (χ0v) is 72.3. The van der Waals surface area contributed by atoms with E-state index in [2.05, 4.69) is 25.6 Å². The number of anilines is 2. The van der Waals surface area contributed by atoms with Gasteiger partial charge in [0.25, 0.3) is 17.7 Å². The minimum absolute atomic E-state index is 0.0188. The van der Waals surface area contributed by atoms with Crippen molar-refractivity contribution in [3.05, 3.63) is 72.1 Å². The van der Waals surface area contributed by atoms with Crippen LogP contribution in [0.15, 0.2) is 76.5 Å². The lowest BCUT2D eigenvalue weighted by Gasteiger charge is -2.42. The van der Waals surface area contributed by atoms with E-state index >= 15 is 0 Å². The molecule has 3 amide bonds. The Balaban J connectivity index is 0.653. The van der Waals surface area contributed by atoms with Gasteiger partial charge in [-0.05, 0) is 138 Å². The molecule has 34 heteroatoms. The van der Waals surface area contributed by atoms with Crippen molar-refractivity contribution < 1.29 is 115 Å². The molecule has 0 spiro atoms. The fourth-order valence-electron chi connectivity index (χ4n) is 15.6. The first-order valence-corrected chi connectivity index (χ1v) is 42.8. The number of amides is 3. The average molecular weight is 1700 g/mol. The highest BCUT2D eigenvalue weighted by Crippen LogP contribution is 2.39. The maximum Gasteiger partial charge on any atom is 0.407 e. The molecule has 674 valence electrons. The summed E-state index contributed by atoms with van der Waals surface area (Å²) in [5.41, 5.74) is 16.4. The summed E-state index contributed by atoms with van der Waals surface area (Å²) in [4.78, 5) is 112. The molecule has 1 aromatic carbocycles. The molecule has 6 heterocycles. The summed E-state index contributed by atoms with van der Waals surface area (Å²) in [6.07, 6.45) is 12.4. The molecule has 8 rings (SSSR count). The van der Waals surface area contributed by atoms with E-state index < -0.39 is 102 Å². The van der Waals surface area contributed by atoms with Crippen molar-refractivity contribution in [2.75, 3.05) is 158 Å². The van der Waals surface area contributed by atoms with Crippen molar-refractivity contribution in [1.29, 1.82) is 0 Å². The van der Waals surface area contributed by atoms with E-state index in [-0.39, 0.29) is 87.3 Å². The number of hydrogen-bond acceptors (Lipinski definition) is 30. The van der Waals surface area contributed by atoms with E-state index in [1.54, 1.807) is 58.7 Å². The number of ether oxygens (including phenoxy) is 14. The molecule has 4 aliphatic rings. The highest BCUT2D eigenvalue weighted by atomic mass is 16.6. The molecule has 2 saturated heterocycles. The first-order chi connectivity index (χ1) is 58.3. The van der Waals surface area contributed by atoms with Crippen LogP contribution in [0.3, 0.4) is 0 Å². The number of piperidine rings is 1. The molecule has 2 bridgehead atoms. The number of oxazole rings is 1. The number of alkyl carbamates (subject to hydrolysis) is 1. The van der Waals surface area contributed by atoms with E-state index in [0.717, 1.165) is 24.0 Å². The van der Waals surface area contributed by atoms with E-state index in [1.165, 1.54) is 18.3 Å². The maximum atomic E-state index is 14.7. The molecule has 4 aromatic rings. The molecule has 3 aliphatic heterocycles. The summed E-state index contributed by atoms with van der Waals surface area (Å²) in [6, 6.07) is 4.35. The number of carbonyl (C=O) groups excluding carboxylic acids is 7. The van der Waals surface area contributed by atoms with Crippen LogP contribution in [0, 0.1) is 35.5 Å². The van der Waals surface area contributed by atoms with Gasteiger partial charge in [-0.2, -0.15) is 10.1 Å². The Morgan fingerprint density at radius 1 is 0.711 bits per heavy atom. The van der Waals surface area contributed by atoms with Crippen molar-refractivity contribution in [3.8, 4) is 11.3 Å². The first-order valence-electron chi connectivity index (χ1n) is 42.8. The Hall–Kier alpha value is -8.07. The number of methoxy groups -OCH3 is 3. The van der Waals surface area contributed by atoms with Gasteiger partial charge in [0, 0.05) is 90.1 Å². The number of nitrogens with zero attached hydrogens (tertiary/aromatic N) is 6. The van der Waals surface area contributed by atoms with Crippen molar-refractivity contribution in [1.82, 2.24) is 40.3 Å². The summed E-state index contributed by atoms with van der Waals surface area (Å²) >= 11 is 0. The van der Waals surface area contributed by atoms with Crippen LogP contribution in [0.25, 0.3) is 33.4 Å². The monoisotopic (exact) mass is 1700 g/mol. The zero-order chi connectivity index (χ0) is 87.2. The van der Waals surface area contributed by atoms with Crippen LogP contribution in [0.2, 0.25) is 0 Å². The van der Waals surface area contributed by atoms with Crippen molar-refractivity contribution in [2.24, 2.45) is 35.5 Å². The standard InChI is InChI=1S/C87H132N10O24/c1-56-18-12-11-13-19-57(2)71(107-8)53-65-24-21-62(7)87(106,121-65)80(102)83(103)96-30-16-14-20-67(96)84(104)118-72(54-68(98)58(3)49-61(6)78(101)79(109-10)77(100)60(5)48-56)59(4)50-63-22-25-70(73(51-63)108-9)120-86(105)91-29-33-111-35-37-113-39-41-115-43-45-117-47-46-116-44-42-114-40-38-112-36-34-110-32-27-74(99)90-28-15-17-31-97-82-75(81(88)92-55-93-82)76(95-97)64-23-26-69-66(52-64)94-85(89)119-69/h11-13,18-19,23,26,49,52,55-56,58-60,62-63,65,67,70-73,78-79,101,106H,14-17,20-22,24-25,27-48,50-51,53-54H2,1-10H3,(H2,89,94)(H,90,99)(H,91,105)(H2,88,92,93)/b13-11+,18-12+,57-19+,61-49+/t56-,58-,59-,60-,62-,63+,65+,67+,70-,71+,72+,73-,78-,79+,87-/m1/s1. The quantitative estimate of drug-likeness (QED) is 0.0106. The second-order valence-corrected chi connectivity index (χ2v) is 31.9. The van der Waals surface area contributed by atoms with Gasteiger partial charge in [0.15, 0.2) is 17.0 Å². The molecule has 8 N–H and O–H groups in total. The smallest absolute Gasteiger partial charge is 0.407 e. The van der Waals surface area contributed by atoms with Gasteiger partial charge >= 0.3 is 12.1 Å². The van der Waals surface area contributed by atoms with Crippen molar-refractivity contribution in [2.45, 2.75) is 206 Å². The predicted octanol–water partition coefficient (Wildman–Crippen LogP) is 8.15. The number of cyclic esters (lactones) is 1. The number of rotatable bonds is 40. The number of aliphatic hydroxyl groups is 2. The van der Waals surface area contributed by atoms with Crippen LogP contribution in [-0.4, -0.2) is 282 Å². The normalized spacial score (nSPS) is 27.2. The third-order valence-corrected chi connectivity index (χ3v) is 22.7. The number of unbranched alkanes of at least 4 members (excludes halogenated alkanes) is 1. The largest absolute Gasteiger partial charge is 0.460 e. The highest BCUT2D eigenvalue weighted by molar-refractivity contribution is 6.39. The van der Waals surface area contributed by atoms with Gasteiger partial charge in [-0.15, -0.1) is 0 Å². The fraction of sp³-hybridized carbons (Fsp3) is 0.690. The number of allylic oxidation sites excluding steroid dienone is 6. The molecule has 3 fully saturated rings. The SMILES string of the molecule is CO[C@H]1C[C@@H]2CC[C@@H](C)[C@@](O)(O2)C(=O)C(=O)N2CCCC[C@H]2C(=O)O[C@H]([C@H](C)C[C@@H]2CC[C@@H](OC(=O)NCCOCCOCCOCCOCCOCCOCCOCCOCCC(=O)NCCCCn3nc(-c4ccc5oc(N)nc5c4)c4c(N)ncnc43)[C@H](OC)C2)CC(=O)[C@H](C)/C=C(\C)[C@@H](O)[C@@H](OC)C(=O)[C@H](C)C[C@H](C)/C=C/C=C/C=C/1C. The van der Waals surface area contributed by atoms with Gasteiger partial charge in [0.1, 0.15) is 59.6 Å². The number of fused-ring (bicyclic) bond motifs is 5. The van der Waals surface area contributed by atoms with Gasteiger partial charge in [-0.3, -0.25) is 24.0 Å². The van der Waals surface area contributed by atoms with E-state index in [0.29, 0.717) is 203 Å². The topological polar surface area (TPSA) is 438 Å². The second-order valence-electron chi connectivity index (χ2n) is 31.9. The number of ketones is 3.